The summed E-state index contributed by atoms with van der Waals surface area (Å²) in [5.41, 5.74) is 7.26. The van der Waals surface area contributed by atoms with Crippen LogP contribution in [-0.4, -0.2) is 18.4 Å². The van der Waals surface area contributed by atoms with Crippen molar-refractivity contribution in [2.45, 2.75) is 20.3 Å². The van der Waals surface area contributed by atoms with Gasteiger partial charge in [-0.15, -0.1) is 0 Å². The molecule has 0 aromatic heterocycles. The van der Waals surface area contributed by atoms with E-state index in [4.69, 9.17) is 16.3 Å². The lowest BCUT2D eigenvalue weighted by atomic mass is 10.1. The second-order valence-corrected chi connectivity index (χ2v) is 5.78. The minimum absolute atomic E-state index is 0.0811. The highest BCUT2D eigenvalue weighted by Gasteiger charge is 2.10. The third kappa shape index (κ3) is 4.99. The molecular formula is C18H19ClN2O3. The molecule has 0 unspecified atom stereocenters. The first-order valence-corrected chi connectivity index (χ1v) is 7.85. The Morgan fingerprint density at radius 1 is 0.958 bits per heavy atom. The van der Waals surface area contributed by atoms with Gasteiger partial charge >= 0.3 is 0 Å². The summed E-state index contributed by atoms with van der Waals surface area (Å²) < 4.78 is 5.51. The van der Waals surface area contributed by atoms with E-state index in [2.05, 4.69) is 10.9 Å². The van der Waals surface area contributed by atoms with Crippen LogP contribution in [0.25, 0.3) is 0 Å². The van der Waals surface area contributed by atoms with Gasteiger partial charge in [-0.05, 0) is 36.6 Å². The van der Waals surface area contributed by atoms with Crippen LogP contribution in [0.4, 0.5) is 0 Å². The number of hydrogen-bond donors (Lipinski definition) is 2. The molecule has 0 saturated carbocycles. The molecule has 0 radical (unpaired) electrons. The quantitative estimate of drug-likeness (QED) is 0.818. The van der Waals surface area contributed by atoms with E-state index in [-0.39, 0.29) is 18.9 Å². The predicted octanol–water partition coefficient (Wildman–Crippen LogP) is 2.73. The molecule has 0 aliphatic heterocycles. The van der Waals surface area contributed by atoms with Crippen molar-refractivity contribution in [3.63, 3.8) is 0 Å². The molecule has 0 atom stereocenters. The summed E-state index contributed by atoms with van der Waals surface area (Å²) in [7, 11) is 0. The topological polar surface area (TPSA) is 67.4 Å². The van der Waals surface area contributed by atoms with Crippen LogP contribution in [0.1, 0.15) is 16.7 Å². The molecule has 0 aliphatic carbocycles. The summed E-state index contributed by atoms with van der Waals surface area (Å²) in [5, 5.41) is 0.511. The zero-order valence-corrected chi connectivity index (χ0v) is 14.3. The minimum atomic E-state index is -0.440. The molecule has 5 nitrogen and oxygen atoms in total. The second-order valence-electron chi connectivity index (χ2n) is 5.37. The van der Waals surface area contributed by atoms with Crippen LogP contribution in [0.2, 0.25) is 5.02 Å². The number of ether oxygens (including phenoxy) is 1. The number of benzene rings is 2. The lowest BCUT2D eigenvalue weighted by Crippen LogP contribution is -2.44. The number of nitrogens with one attached hydrogen (secondary N) is 2. The number of amides is 2. The highest BCUT2D eigenvalue weighted by Crippen LogP contribution is 2.22. The first-order chi connectivity index (χ1) is 11.5. The molecule has 2 aromatic carbocycles. The second kappa shape index (κ2) is 8.36. The molecule has 0 saturated heterocycles. The fourth-order valence-electron chi connectivity index (χ4n) is 2.20. The fraction of sp³-hybridized carbons (Fsp3) is 0.222. The normalized spacial score (nSPS) is 10.1. The van der Waals surface area contributed by atoms with E-state index in [1.54, 1.807) is 24.3 Å². The highest BCUT2D eigenvalue weighted by atomic mass is 35.5. The molecular weight excluding hydrogens is 328 g/mol. The molecule has 126 valence electrons. The molecule has 0 heterocycles. The Morgan fingerprint density at radius 3 is 2.25 bits per heavy atom. The van der Waals surface area contributed by atoms with Crippen molar-refractivity contribution in [1.82, 2.24) is 10.9 Å². The Morgan fingerprint density at radius 2 is 1.58 bits per heavy atom. The van der Waals surface area contributed by atoms with Crippen molar-refractivity contribution >= 4 is 23.4 Å². The number of rotatable bonds is 5. The molecule has 2 aromatic rings. The summed E-state index contributed by atoms with van der Waals surface area (Å²) in [4.78, 5) is 23.6. The van der Waals surface area contributed by atoms with Crippen molar-refractivity contribution in [2.75, 3.05) is 6.61 Å². The minimum Gasteiger partial charge on any atom is -0.483 e. The van der Waals surface area contributed by atoms with Crippen molar-refractivity contribution in [3.05, 3.63) is 64.2 Å². The molecule has 6 heteroatoms. The molecule has 2 amide bonds. The zero-order chi connectivity index (χ0) is 17.5. The lowest BCUT2D eigenvalue weighted by molar-refractivity contribution is -0.129. The van der Waals surface area contributed by atoms with E-state index >= 15 is 0 Å². The van der Waals surface area contributed by atoms with E-state index in [0.717, 1.165) is 11.1 Å². The maximum absolute atomic E-state index is 11.8. The summed E-state index contributed by atoms with van der Waals surface area (Å²) in [6.07, 6.45) is 0.0811. The Balaban J connectivity index is 1.79. The van der Waals surface area contributed by atoms with Gasteiger partial charge in [-0.2, -0.15) is 0 Å². The number of aryl methyl sites for hydroxylation is 2. The van der Waals surface area contributed by atoms with Crippen LogP contribution in [0.3, 0.4) is 0 Å². The average Bonchev–Trinajstić information content (AvgIpc) is 2.54. The third-order valence-electron chi connectivity index (χ3n) is 3.41. The van der Waals surface area contributed by atoms with Crippen molar-refractivity contribution < 1.29 is 14.3 Å². The highest BCUT2D eigenvalue weighted by molar-refractivity contribution is 6.31. The fourth-order valence-corrected chi connectivity index (χ4v) is 2.40. The van der Waals surface area contributed by atoms with E-state index < -0.39 is 5.91 Å². The third-order valence-corrected chi connectivity index (χ3v) is 3.78. The maximum atomic E-state index is 11.8. The van der Waals surface area contributed by atoms with Crippen LogP contribution < -0.4 is 15.6 Å². The number of halogens is 1. The van der Waals surface area contributed by atoms with Gasteiger partial charge in [-0.25, -0.2) is 0 Å². The molecule has 0 bridgehead atoms. The van der Waals surface area contributed by atoms with Crippen molar-refractivity contribution in [3.8, 4) is 5.75 Å². The Bertz CT molecular complexity index is 727. The number of hydrogen-bond acceptors (Lipinski definition) is 3. The Kier molecular flexibility index (Phi) is 6.21. The Hall–Kier alpha value is -2.53. The summed E-state index contributed by atoms with van der Waals surface area (Å²) >= 11 is 5.99. The molecule has 2 N–H and O–H groups in total. The molecule has 0 fully saturated rings. The van der Waals surface area contributed by atoms with Gasteiger partial charge in [0.1, 0.15) is 5.75 Å². The van der Waals surface area contributed by atoms with Gasteiger partial charge in [0.25, 0.3) is 5.91 Å². The number of para-hydroxylation sites is 1. The van der Waals surface area contributed by atoms with Gasteiger partial charge in [0.15, 0.2) is 6.61 Å². The van der Waals surface area contributed by atoms with Gasteiger partial charge in [-0.1, -0.05) is 48.0 Å². The predicted molar refractivity (Wildman–Crippen MR) is 92.9 cm³/mol. The van der Waals surface area contributed by atoms with E-state index in [1.165, 1.54) is 0 Å². The van der Waals surface area contributed by atoms with Crippen LogP contribution >= 0.6 is 11.6 Å². The van der Waals surface area contributed by atoms with Crippen molar-refractivity contribution in [1.29, 1.82) is 0 Å². The zero-order valence-electron chi connectivity index (χ0n) is 13.6. The number of carbonyl (C=O) groups is 2. The molecule has 24 heavy (non-hydrogen) atoms. The SMILES string of the molecule is Cc1cccc(C)c1OCC(=O)NNC(=O)Cc1ccccc1Cl. The Labute approximate surface area is 145 Å². The first kappa shape index (κ1) is 17.8. The summed E-state index contributed by atoms with van der Waals surface area (Å²) in [6.45, 7) is 3.63. The standard InChI is InChI=1S/C18H19ClN2O3/c1-12-6-5-7-13(2)18(12)24-11-17(23)21-20-16(22)10-14-8-3-4-9-15(14)19/h3-9H,10-11H2,1-2H3,(H,20,22)(H,21,23). The smallest absolute Gasteiger partial charge is 0.276 e. The number of hydrazine groups is 1. The van der Waals surface area contributed by atoms with Crippen LogP contribution in [0.5, 0.6) is 5.75 Å². The van der Waals surface area contributed by atoms with Gasteiger partial charge in [0, 0.05) is 5.02 Å². The molecule has 0 spiro atoms. The summed E-state index contributed by atoms with van der Waals surface area (Å²) in [6, 6.07) is 12.8. The summed E-state index contributed by atoms with van der Waals surface area (Å²) in [5.74, 6) is -0.122. The molecule has 0 aliphatic rings. The first-order valence-electron chi connectivity index (χ1n) is 7.47. The maximum Gasteiger partial charge on any atom is 0.276 e. The average molecular weight is 347 g/mol. The van der Waals surface area contributed by atoms with Crippen LogP contribution in [0.15, 0.2) is 42.5 Å². The van der Waals surface area contributed by atoms with Crippen LogP contribution in [0, 0.1) is 13.8 Å². The van der Waals surface area contributed by atoms with E-state index in [1.807, 2.05) is 32.0 Å². The largest absolute Gasteiger partial charge is 0.483 e. The lowest BCUT2D eigenvalue weighted by Gasteiger charge is -2.12. The van der Waals surface area contributed by atoms with Gasteiger partial charge in [0.2, 0.25) is 5.91 Å². The van der Waals surface area contributed by atoms with E-state index in [9.17, 15) is 9.59 Å². The van der Waals surface area contributed by atoms with Crippen LogP contribution in [-0.2, 0) is 16.0 Å². The van der Waals surface area contributed by atoms with E-state index in [0.29, 0.717) is 16.3 Å². The monoisotopic (exact) mass is 346 g/mol. The number of carbonyl (C=O) groups excluding carboxylic acids is 2. The molecule has 2 rings (SSSR count). The van der Waals surface area contributed by atoms with Crippen molar-refractivity contribution in [2.24, 2.45) is 0 Å². The van der Waals surface area contributed by atoms with Gasteiger partial charge in [-0.3, -0.25) is 20.4 Å². The van der Waals surface area contributed by atoms with Gasteiger partial charge < -0.3 is 4.74 Å². The van der Waals surface area contributed by atoms with Gasteiger partial charge in [0.05, 0.1) is 6.42 Å².